The topological polar surface area (TPSA) is 41.4 Å². The van der Waals surface area contributed by atoms with Gasteiger partial charge in [0.15, 0.2) is 5.16 Å². The van der Waals surface area contributed by atoms with E-state index in [1.54, 1.807) is 0 Å². The molecule has 1 aromatic heterocycles. The van der Waals surface area contributed by atoms with Gasteiger partial charge < -0.3 is 4.90 Å². The normalized spacial score (nSPS) is 19.2. The van der Waals surface area contributed by atoms with E-state index in [0.29, 0.717) is 11.8 Å². The van der Waals surface area contributed by atoms with Crippen molar-refractivity contribution in [1.29, 1.82) is 0 Å². The molecule has 2 heterocycles. The number of para-hydroxylation sites is 3. The van der Waals surface area contributed by atoms with Crippen molar-refractivity contribution in [3.63, 3.8) is 0 Å². The molecule has 2 aromatic carbocycles. The predicted molar refractivity (Wildman–Crippen MR) is 127 cm³/mol. The summed E-state index contributed by atoms with van der Waals surface area (Å²) in [5.74, 6) is 0.595. The third kappa shape index (κ3) is 4.31. The van der Waals surface area contributed by atoms with E-state index in [-0.39, 0.29) is 5.91 Å². The fourth-order valence-corrected chi connectivity index (χ4v) is 5.22. The molecule has 1 amide bonds. The summed E-state index contributed by atoms with van der Waals surface area (Å²) in [5.41, 5.74) is 3.07. The summed E-state index contributed by atoms with van der Waals surface area (Å²) in [4.78, 5) is 22.2. The number of imidazole rings is 1. The molecule has 5 nitrogen and oxygen atoms in total. The fourth-order valence-electron chi connectivity index (χ4n) is 4.29. The second kappa shape index (κ2) is 9.12. The van der Waals surface area contributed by atoms with Crippen molar-refractivity contribution in [1.82, 2.24) is 19.4 Å². The monoisotopic (exact) mass is 430 g/mol. The van der Waals surface area contributed by atoms with Crippen LogP contribution in [0.2, 0.25) is 0 Å². The second-order valence-electron chi connectivity index (χ2n) is 7.88. The van der Waals surface area contributed by atoms with Crippen LogP contribution in [0.5, 0.6) is 0 Å². The number of nitrogens with zero attached hydrogens (tertiary/aromatic N) is 4. The highest BCUT2D eigenvalue weighted by Gasteiger charge is 2.25. The van der Waals surface area contributed by atoms with Crippen LogP contribution in [0.25, 0.3) is 16.7 Å². The maximum Gasteiger partial charge on any atom is 0.233 e. The van der Waals surface area contributed by atoms with Gasteiger partial charge in [-0.15, -0.1) is 0 Å². The van der Waals surface area contributed by atoms with E-state index in [1.807, 2.05) is 41.3 Å². The highest BCUT2D eigenvalue weighted by atomic mass is 32.2. The van der Waals surface area contributed by atoms with Crippen molar-refractivity contribution in [2.45, 2.75) is 17.6 Å². The summed E-state index contributed by atoms with van der Waals surface area (Å²) in [6.45, 7) is 3.45. The molecule has 0 saturated carbocycles. The number of amides is 1. The summed E-state index contributed by atoms with van der Waals surface area (Å²) in [6, 6.07) is 18.8. The number of benzene rings is 2. The largest absolute Gasteiger partial charge is 0.339 e. The van der Waals surface area contributed by atoms with Gasteiger partial charge in [0.2, 0.25) is 5.91 Å². The van der Waals surface area contributed by atoms with E-state index in [1.165, 1.54) is 11.8 Å². The Morgan fingerprint density at radius 3 is 2.52 bits per heavy atom. The Hall–Kier alpha value is -2.83. The number of thioether (sulfide) groups is 1. The molecule has 2 aliphatic rings. The molecule has 1 unspecified atom stereocenters. The SMILES string of the molecule is O=C(CSc1nc2ccccc2n1-c1ccccc1)N1CCN(C2C=CC=CC2)CC1. The van der Waals surface area contributed by atoms with Crippen LogP contribution in [-0.4, -0.2) is 63.2 Å². The summed E-state index contributed by atoms with van der Waals surface area (Å²) in [7, 11) is 0. The Morgan fingerprint density at radius 2 is 1.74 bits per heavy atom. The lowest BCUT2D eigenvalue weighted by Gasteiger charge is -2.38. The molecule has 1 saturated heterocycles. The van der Waals surface area contributed by atoms with Crippen LogP contribution < -0.4 is 0 Å². The molecular formula is C25H26N4OS. The fraction of sp³-hybridized carbons (Fsp3) is 0.280. The van der Waals surface area contributed by atoms with Crippen molar-refractivity contribution in [2.24, 2.45) is 0 Å². The molecule has 0 N–H and O–H groups in total. The summed E-state index contributed by atoms with van der Waals surface area (Å²) in [6.07, 6.45) is 9.78. The summed E-state index contributed by atoms with van der Waals surface area (Å²) >= 11 is 1.52. The van der Waals surface area contributed by atoms with E-state index >= 15 is 0 Å². The molecule has 0 radical (unpaired) electrons. The van der Waals surface area contributed by atoms with E-state index in [9.17, 15) is 4.79 Å². The van der Waals surface area contributed by atoms with Crippen LogP contribution >= 0.6 is 11.8 Å². The van der Waals surface area contributed by atoms with E-state index in [4.69, 9.17) is 4.98 Å². The number of piperazine rings is 1. The van der Waals surface area contributed by atoms with Gasteiger partial charge in [-0.1, -0.05) is 66.4 Å². The number of rotatable bonds is 5. The molecule has 0 spiro atoms. The Balaban J connectivity index is 1.26. The molecule has 5 rings (SSSR count). The van der Waals surface area contributed by atoms with Crippen LogP contribution in [-0.2, 0) is 4.79 Å². The van der Waals surface area contributed by atoms with Gasteiger partial charge in [0.1, 0.15) is 0 Å². The Bertz CT molecular complexity index is 1110. The first kappa shape index (κ1) is 20.1. The zero-order valence-electron chi connectivity index (χ0n) is 17.4. The van der Waals surface area contributed by atoms with Crippen molar-refractivity contribution in [3.8, 4) is 5.69 Å². The highest BCUT2D eigenvalue weighted by Crippen LogP contribution is 2.28. The third-order valence-electron chi connectivity index (χ3n) is 5.96. The third-order valence-corrected chi connectivity index (χ3v) is 6.89. The molecule has 0 bridgehead atoms. The molecule has 1 atom stereocenters. The smallest absolute Gasteiger partial charge is 0.233 e. The van der Waals surface area contributed by atoms with Gasteiger partial charge in [-0.3, -0.25) is 14.3 Å². The first-order valence-electron chi connectivity index (χ1n) is 10.8. The average Bonchev–Trinajstić information content (AvgIpc) is 3.22. The van der Waals surface area contributed by atoms with Gasteiger partial charge in [0.05, 0.1) is 16.8 Å². The number of hydrogen-bond donors (Lipinski definition) is 0. The zero-order valence-corrected chi connectivity index (χ0v) is 18.2. The second-order valence-corrected chi connectivity index (χ2v) is 8.82. The van der Waals surface area contributed by atoms with Gasteiger partial charge in [-0.25, -0.2) is 4.98 Å². The van der Waals surface area contributed by atoms with Gasteiger partial charge in [-0.05, 0) is 30.7 Å². The number of carbonyl (C=O) groups is 1. The first-order valence-corrected chi connectivity index (χ1v) is 11.8. The molecule has 3 aromatic rings. The standard InChI is InChI=1S/C25H26N4OS/c30-24(28-17-15-27(16-18-28)20-9-3-1-4-10-20)19-31-25-26-22-13-7-8-14-23(22)29(25)21-11-5-2-6-12-21/h1-9,11-14,20H,10,15-19H2. The Kier molecular flexibility index (Phi) is 5.91. The minimum absolute atomic E-state index is 0.190. The van der Waals surface area contributed by atoms with Gasteiger partial charge in [0.25, 0.3) is 0 Å². The van der Waals surface area contributed by atoms with Crippen LogP contribution in [0.15, 0.2) is 84.1 Å². The van der Waals surface area contributed by atoms with Crippen LogP contribution in [0.4, 0.5) is 0 Å². The van der Waals surface area contributed by atoms with Gasteiger partial charge in [0, 0.05) is 37.9 Å². The minimum Gasteiger partial charge on any atom is -0.339 e. The molecular weight excluding hydrogens is 404 g/mol. The summed E-state index contributed by atoms with van der Waals surface area (Å²) < 4.78 is 2.15. The van der Waals surface area contributed by atoms with Gasteiger partial charge in [-0.2, -0.15) is 0 Å². The molecule has 1 fully saturated rings. The van der Waals surface area contributed by atoms with Crippen molar-refractivity contribution in [3.05, 3.63) is 78.9 Å². The first-order chi connectivity index (χ1) is 15.3. The van der Waals surface area contributed by atoms with E-state index in [2.05, 4.69) is 52.0 Å². The average molecular weight is 431 g/mol. The van der Waals surface area contributed by atoms with Crippen molar-refractivity contribution >= 4 is 28.7 Å². The quantitative estimate of drug-likeness (QED) is 0.571. The van der Waals surface area contributed by atoms with E-state index in [0.717, 1.165) is 54.5 Å². The number of hydrogen-bond acceptors (Lipinski definition) is 4. The van der Waals surface area contributed by atoms with Crippen molar-refractivity contribution in [2.75, 3.05) is 31.9 Å². The van der Waals surface area contributed by atoms with E-state index < -0.39 is 0 Å². The molecule has 158 valence electrons. The molecule has 1 aliphatic heterocycles. The maximum absolute atomic E-state index is 12.9. The minimum atomic E-state index is 0.190. The van der Waals surface area contributed by atoms with Crippen LogP contribution in [0, 0.1) is 0 Å². The predicted octanol–water partition coefficient (Wildman–Crippen LogP) is 4.15. The molecule has 31 heavy (non-hydrogen) atoms. The molecule has 1 aliphatic carbocycles. The van der Waals surface area contributed by atoms with Gasteiger partial charge >= 0.3 is 0 Å². The summed E-state index contributed by atoms with van der Waals surface area (Å²) in [5, 5.41) is 0.860. The highest BCUT2D eigenvalue weighted by molar-refractivity contribution is 7.99. The molecule has 6 heteroatoms. The Morgan fingerprint density at radius 1 is 0.968 bits per heavy atom. The number of aromatic nitrogens is 2. The lowest BCUT2D eigenvalue weighted by molar-refractivity contribution is -0.130. The number of fused-ring (bicyclic) bond motifs is 1. The van der Waals surface area contributed by atoms with Crippen LogP contribution in [0.1, 0.15) is 6.42 Å². The Labute approximate surface area is 187 Å². The zero-order chi connectivity index (χ0) is 21.0. The maximum atomic E-state index is 12.9. The van der Waals surface area contributed by atoms with Crippen LogP contribution in [0.3, 0.4) is 0 Å². The number of carbonyl (C=O) groups excluding carboxylic acids is 1. The number of allylic oxidation sites excluding steroid dienone is 2. The van der Waals surface area contributed by atoms with Crippen molar-refractivity contribution < 1.29 is 4.79 Å². The lowest BCUT2D eigenvalue weighted by atomic mass is 10.1. The lowest BCUT2D eigenvalue weighted by Crippen LogP contribution is -2.52.